The van der Waals surface area contributed by atoms with Crippen molar-refractivity contribution in [3.05, 3.63) is 29.7 Å². The Morgan fingerprint density at radius 1 is 1.29 bits per heavy atom. The molecule has 0 spiro atoms. The van der Waals surface area contributed by atoms with Crippen molar-refractivity contribution < 1.29 is 19.7 Å². The molecule has 21 heavy (non-hydrogen) atoms. The van der Waals surface area contributed by atoms with Crippen LogP contribution in [0, 0.1) is 5.82 Å². The number of aliphatic hydroxyl groups excluding tert-OH is 3. The first-order chi connectivity index (χ1) is 9.80. The van der Waals surface area contributed by atoms with Crippen LogP contribution in [0.1, 0.15) is 19.5 Å². The van der Waals surface area contributed by atoms with Gasteiger partial charge in [0.15, 0.2) is 0 Å². The van der Waals surface area contributed by atoms with E-state index in [9.17, 15) is 14.6 Å². The first-order valence-corrected chi connectivity index (χ1v) is 6.78. The van der Waals surface area contributed by atoms with Crippen LogP contribution in [-0.2, 0) is 12.0 Å². The largest absolute Gasteiger partial charge is 0.396 e. The molecule has 0 bridgehead atoms. The van der Waals surface area contributed by atoms with E-state index in [1.807, 2.05) is 19.9 Å². The van der Waals surface area contributed by atoms with Crippen molar-refractivity contribution in [2.45, 2.75) is 31.9 Å². The van der Waals surface area contributed by atoms with E-state index in [0.29, 0.717) is 5.52 Å². The first-order valence-electron chi connectivity index (χ1n) is 6.78. The molecule has 2 aromatic rings. The highest BCUT2D eigenvalue weighted by Crippen LogP contribution is 2.32. The van der Waals surface area contributed by atoms with Crippen molar-refractivity contribution in [2.75, 3.05) is 18.9 Å². The van der Waals surface area contributed by atoms with Crippen LogP contribution < -0.4 is 5.73 Å². The van der Waals surface area contributed by atoms with Crippen molar-refractivity contribution in [1.82, 2.24) is 4.57 Å². The van der Waals surface area contributed by atoms with Gasteiger partial charge in [-0.25, -0.2) is 4.39 Å². The van der Waals surface area contributed by atoms with E-state index in [4.69, 9.17) is 10.8 Å². The van der Waals surface area contributed by atoms with Gasteiger partial charge in [0.2, 0.25) is 0 Å². The normalized spacial score (nSPS) is 13.8. The molecule has 116 valence electrons. The number of aliphatic hydroxyl groups is 3. The van der Waals surface area contributed by atoms with Gasteiger partial charge < -0.3 is 25.6 Å². The van der Waals surface area contributed by atoms with Crippen LogP contribution in [0.2, 0.25) is 0 Å². The number of nitrogens with zero attached hydrogens (tertiary/aromatic N) is 1. The average molecular weight is 296 g/mol. The van der Waals surface area contributed by atoms with E-state index in [0.717, 1.165) is 11.1 Å². The molecule has 0 aliphatic rings. The van der Waals surface area contributed by atoms with Crippen molar-refractivity contribution in [3.63, 3.8) is 0 Å². The van der Waals surface area contributed by atoms with Crippen LogP contribution >= 0.6 is 0 Å². The van der Waals surface area contributed by atoms with Gasteiger partial charge in [0.1, 0.15) is 5.82 Å². The van der Waals surface area contributed by atoms with Crippen molar-refractivity contribution in [2.24, 2.45) is 0 Å². The molecule has 0 saturated heterocycles. The standard InChI is InChI=1S/C15H21FN2O3/c1-15(2,8-20)14-4-9-3-12(17)11(16)5-13(9)18(14)6-10(21)7-19/h3-5,10,19-21H,6-8,17H2,1-2H3/t10-/m1/s1. The van der Waals surface area contributed by atoms with E-state index >= 15 is 0 Å². The minimum absolute atomic E-state index is 0.0516. The van der Waals surface area contributed by atoms with Gasteiger partial charge >= 0.3 is 0 Å². The zero-order valence-corrected chi connectivity index (χ0v) is 12.2. The van der Waals surface area contributed by atoms with Crippen LogP contribution in [0.15, 0.2) is 18.2 Å². The Morgan fingerprint density at radius 3 is 2.52 bits per heavy atom. The minimum Gasteiger partial charge on any atom is -0.396 e. The van der Waals surface area contributed by atoms with Crippen LogP contribution in [0.4, 0.5) is 10.1 Å². The zero-order valence-electron chi connectivity index (χ0n) is 12.2. The summed E-state index contributed by atoms with van der Waals surface area (Å²) in [5, 5.41) is 29.1. The van der Waals surface area contributed by atoms with E-state index in [2.05, 4.69) is 0 Å². The summed E-state index contributed by atoms with van der Waals surface area (Å²) in [4.78, 5) is 0. The molecule has 6 heteroatoms. The molecular formula is C15H21FN2O3. The van der Waals surface area contributed by atoms with Gasteiger partial charge in [0.05, 0.1) is 37.1 Å². The van der Waals surface area contributed by atoms with Gasteiger partial charge in [0, 0.05) is 22.6 Å². The zero-order chi connectivity index (χ0) is 15.8. The highest BCUT2D eigenvalue weighted by atomic mass is 19.1. The summed E-state index contributed by atoms with van der Waals surface area (Å²) < 4.78 is 15.5. The van der Waals surface area contributed by atoms with E-state index < -0.39 is 23.9 Å². The van der Waals surface area contributed by atoms with Crippen molar-refractivity contribution >= 4 is 16.6 Å². The lowest BCUT2D eigenvalue weighted by atomic mass is 9.90. The van der Waals surface area contributed by atoms with Gasteiger partial charge in [0.25, 0.3) is 0 Å². The third kappa shape index (κ3) is 2.88. The fraction of sp³-hybridized carbons (Fsp3) is 0.467. The molecule has 5 nitrogen and oxygen atoms in total. The average Bonchev–Trinajstić information content (AvgIpc) is 2.78. The lowest BCUT2D eigenvalue weighted by Crippen LogP contribution is -2.29. The van der Waals surface area contributed by atoms with E-state index in [-0.39, 0.29) is 18.8 Å². The van der Waals surface area contributed by atoms with E-state index in [1.54, 1.807) is 4.57 Å². The summed E-state index contributed by atoms with van der Waals surface area (Å²) in [6.45, 7) is 3.32. The maximum atomic E-state index is 13.7. The van der Waals surface area contributed by atoms with Crippen LogP contribution in [-0.4, -0.2) is 39.2 Å². The Labute approximate surface area is 122 Å². The third-order valence-corrected chi connectivity index (χ3v) is 3.71. The third-order valence-electron chi connectivity index (χ3n) is 3.71. The molecule has 0 fully saturated rings. The summed E-state index contributed by atoms with van der Waals surface area (Å²) in [5.41, 5.74) is 6.40. The molecule has 1 aromatic heterocycles. The molecular weight excluding hydrogens is 275 g/mol. The van der Waals surface area contributed by atoms with Gasteiger partial charge in [-0.2, -0.15) is 0 Å². The first kappa shape index (κ1) is 15.8. The minimum atomic E-state index is -0.963. The highest BCUT2D eigenvalue weighted by Gasteiger charge is 2.26. The molecule has 0 aliphatic heterocycles. The number of hydrogen-bond acceptors (Lipinski definition) is 4. The number of aromatic nitrogens is 1. The Kier molecular flexibility index (Phi) is 4.22. The highest BCUT2D eigenvalue weighted by molar-refractivity contribution is 5.85. The number of nitrogen functional groups attached to an aromatic ring is 1. The van der Waals surface area contributed by atoms with Gasteiger partial charge in [-0.3, -0.25) is 0 Å². The second-order valence-corrected chi connectivity index (χ2v) is 5.95. The van der Waals surface area contributed by atoms with Crippen molar-refractivity contribution in [3.8, 4) is 0 Å². The second kappa shape index (κ2) is 5.63. The summed E-state index contributed by atoms with van der Waals surface area (Å²) in [6.07, 6.45) is -0.963. The maximum Gasteiger partial charge on any atom is 0.148 e. The second-order valence-electron chi connectivity index (χ2n) is 5.95. The predicted molar refractivity (Wildman–Crippen MR) is 79.5 cm³/mol. The van der Waals surface area contributed by atoms with Gasteiger partial charge in [-0.1, -0.05) is 13.8 Å². The molecule has 1 aromatic carbocycles. The molecule has 1 heterocycles. The van der Waals surface area contributed by atoms with Crippen LogP contribution in [0.25, 0.3) is 10.9 Å². The fourth-order valence-electron chi connectivity index (χ4n) is 2.41. The molecule has 0 saturated carbocycles. The van der Waals surface area contributed by atoms with Crippen LogP contribution in [0.3, 0.4) is 0 Å². The summed E-state index contributed by atoms with van der Waals surface area (Å²) >= 11 is 0. The summed E-state index contributed by atoms with van der Waals surface area (Å²) in [5.74, 6) is -0.534. The fourth-order valence-corrected chi connectivity index (χ4v) is 2.41. The van der Waals surface area contributed by atoms with Crippen LogP contribution in [0.5, 0.6) is 0 Å². The smallest absolute Gasteiger partial charge is 0.148 e. The van der Waals surface area contributed by atoms with Gasteiger partial charge in [-0.15, -0.1) is 0 Å². The number of rotatable bonds is 5. The SMILES string of the molecule is CC(C)(CO)c1cc2cc(N)c(F)cc2n1C[C@@H](O)CO. The van der Waals surface area contributed by atoms with Crippen molar-refractivity contribution in [1.29, 1.82) is 0 Å². The molecule has 1 atom stereocenters. The molecule has 0 unspecified atom stereocenters. The van der Waals surface area contributed by atoms with E-state index in [1.165, 1.54) is 12.1 Å². The number of anilines is 1. The lowest BCUT2D eigenvalue weighted by molar-refractivity contribution is 0.0802. The Hall–Kier alpha value is -1.63. The van der Waals surface area contributed by atoms with Gasteiger partial charge in [-0.05, 0) is 12.1 Å². The molecule has 5 N–H and O–H groups in total. The number of halogens is 1. The number of benzene rings is 1. The number of fused-ring (bicyclic) bond motifs is 1. The quantitative estimate of drug-likeness (QED) is 0.619. The topological polar surface area (TPSA) is 91.6 Å². The predicted octanol–water partition coefficient (Wildman–Crippen LogP) is 0.986. The molecule has 0 aliphatic carbocycles. The Balaban J connectivity index is 2.68. The Morgan fingerprint density at radius 2 is 1.95 bits per heavy atom. The summed E-state index contributed by atoms with van der Waals surface area (Å²) in [7, 11) is 0. The Bertz CT molecular complexity index is 652. The molecule has 2 rings (SSSR count). The lowest BCUT2D eigenvalue weighted by Gasteiger charge is -2.25. The number of nitrogens with two attached hydrogens (primary N) is 1. The molecule has 0 radical (unpaired) electrons. The monoisotopic (exact) mass is 296 g/mol. The molecule has 0 amide bonds. The summed E-state index contributed by atoms with van der Waals surface area (Å²) in [6, 6.07) is 4.67. The number of hydrogen-bond donors (Lipinski definition) is 4. The maximum absolute atomic E-state index is 13.7.